The number of halogens is 1. The van der Waals surface area contributed by atoms with E-state index < -0.39 is 0 Å². The zero-order chi connectivity index (χ0) is 17.3. The molecule has 0 heterocycles. The van der Waals surface area contributed by atoms with E-state index in [0.717, 1.165) is 34.4 Å². The Morgan fingerprint density at radius 2 is 1.88 bits per heavy atom. The Bertz CT molecular complexity index is 835. The lowest BCUT2D eigenvalue weighted by Crippen LogP contribution is -2.24. The molecule has 2 aromatic rings. The molecule has 0 aliphatic heterocycles. The minimum atomic E-state index is -0.214. The van der Waals surface area contributed by atoms with Crippen LogP contribution in [-0.2, 0) is 6.42 Å². The summed E-state index contributed by atoms with van der Waals surface area (Å²) in [6, 6.07) is 11.1. The molecule has 1 aliphatic carbocycles. The van der Waals surface area contributed by atoms with Crippen molar-refractivity contribution in [1.29, 1.82) is 0 Å². The Labute approximate surface area is 141 Å². The number of hydrogen-bond donors (Lipinski definition) is 2. The third kappa shape index (κ3) is 3.15. The largest absolute Gasteiger partial charge is 0.369 e. The molecule has 2 aromatic carbocycles. The molecule has 0 unspecified atom stereocenters. The van der Waals surface area contributed by atoms with Gasteiger partial charge in [0.1, 0.15) is 5.82 Å². The molecule has 0 spiro atoms. The molecule has 4 N–H and O–H groups in total. The molecule has 0 amide bonds. The van der Waals surface area contributed by atoms with Gasteiger partial charge in [0.25, 0.3) is 0 Å². The minimum Gasteiger partial charge on any atom is -0.369 e. The molecule has 3 rings (SSSR count). The summed E-state index contributed by atoms with van der Waals surface area (Å²) in [7, 11) is 0. The summed E-state index contributed by atoms with van der Waals surface area (Å²) in [4.78, 5) is 0. The first-order chi connectivity index (χ1) is 11.5. The van der Waals surface area contributed by atoms with Crippen LogP contribution in [0, 0.1) is 19.7 Å². The summed E-state index contributed by atoms with van der Waals surface area (Å²) in [5.41, 5.74) is 17.2. The Morgan fingerprint density at radius 1 is 1.08 bits per heavy atom. The van der Waals surface area contributed by atoms with Crippen LogP contribution in [0.1, 0.15) is 40.2 Å². The van der Waals surface area contributed by atoms with Gasteiger partial charge in [-0.3, -0.25) is 0 Å². The van der Waals surface area contributed by atoms with Gasteiger partial charge in [0.2, 0.25) is 5.96 Å². The quantitative estimate of drug-likeness (QED) is 0.506. The van der Waals surface area contributed by atoms with E-state index in [0.29, 0.717) is 6.42 Å². The standard InChI is InChI=1S/C19H21FN4/c1-11-6-7-15(20)10-16(11)14-8-13-5-3-4-12(2)18(13)17(9-14)23-24-19(21)22/h3-7,10,14H,8-9H2,1-2H3,(H4,21,22,24)/b23-17+/t14-/m1/s1. The molecule has 4 nitrogen and oxygen atoms in total. The van der Waals surface area contributed by atoms with Crippen LogP contribution in [0.5, 0.6) is 0 Å². The lowest BCUT2D eigenvalue weighted by Gasteiger charge is -2.28. The van der Waals surface area contributed by atoms with Crippen molar-refractivity contribution >= 4 is 11.7 Å². The van der Waals surface area contributed by atoms with Gasteiger partial charge in [-0.25, -0.2) is 4.39 Å². The van der Waals surface area contributed by atoms with Crippen molar-refractivity contribution in [3.05, 3.63) is 70.0 Å². The summed E-state index contributed by atoms with van der Waals surface area (Å²) in [6.07, 6.45) is 1.53. The number of nitrogens with zero attached hydrogens (tertiary/aromatic N) is 2. The predicted molar refractivity (Wildman–Crippen MR) is 95.7 cm³/mol. The Hall–Kier alpha value is -2.69. The number of aryl methyl sites for hydroxylation is 2. The van der Waals surface area contributed by atoms with E-state index in [1.807, 2.05) is 19.1 Å². The normalized spacial score (nSPS) is 18.3. The van der Waals surface area contributed by atoms with Crippen molar-refractivity contribution in [2.24, 2.45) is 21.7 Å². The lowest BCUT2D eigenvalue weighted by molar-refractivity contribution is 0.614. The number of hydrogen-bond acceptors (Lipinski definition) is 2. The maximum atomic E-state index is 13.7. The lowest BCUT2D eigenvalue weighted by atomic mass is 9.76. The second kappa shape index (κ2) is 6.43. The molecular weight excluding hydrogens is 303 g/mol. The molecule has 124 valence electrons. The first-order valence-electron chi connectivity index (χ1n) is 7.96. The average Bonchev–Trinajstić information content (AvgIpc) is 2.54. The molecule has 24 heavy (non-hydrogen) atoms. The summed E-state index contributed by atoms with van der Waals surface area (Å²) in [6.45, 7) is 4.06. The molecule has 0 saturated heterocycles. The van der Waals surface area contributed by atoms with E-state index >= 15 is 0 Å². The smallest absolute Gasteiger partial charge is 0.211 e. The fourth-order valence-electron chi connectivity index (χ4n) is 3.46. The van der Waals surface area contributed by atoms with Crippen LogP contribution in [0.15, 0.2) is 46.6 Å². The molecule has 1 atom stereocenters. The van der Waals surface area contributed by atoms with Gasteiger partial charge in [-0.1, -0.05) is 24.3 Å². The van der Waals surface area contributed by atoms with Gasteiger partial charge in [-0.05, 0) is 67.0 Å². The average molecular weight is 324 g/mol. The molecule has 0 saturated carbocycles. The number of rotatable bonds is 2. The highest BCUT2D eigenvalue weighted by Crippen LogP contribution is 2.36. The van der Waals surface area contributed by atoms with Crippen LogP contribution < -0.4 is 11.5 Å². The topological polar surface area (TPSA) is 76.8 Å². The zero-order valence-corrected chi connectivity index (χ0v) is 13.9. The summed E-state index contributed by atoms with van der Waals surface area (Å²) < 4.78 is 13.7. The van der Waals surface area contributed by atoms with Gasteiger partial charge in [0.05, 0.1) is 5.71 Å². The second-order valence-corrected chi connectivity index (χ2v) is 6.29. The van der Waals surface area contributed by atoms with Gasteiger partial charge < -0.3 is 11.5 Å². The minimum absolute atomic E-state index is 0.0679. The van der Waals surface area contributed by atoms with Crippen LogP contribution in [0.3, 0.4) is 0 Å². The molecule has 0 fully saturated rings. The van der Waals surface area contributed by atoms with E-state index in [-0.39, 0.29) is 17.7 Å². The van der Waals surface area contributed by atoms with E-state index in [9.17, 15) is 4.39 Å². The Morgan fingerprint density at radius 3 is 2.62 bits per heavy atom. The van der Waals surface area contributed by atoms with Crippen LogP contribution >= 0.6 is 0 Å². The number of nitrogens with two attached hydrogens (primary N) is 2. The maximum absolute atomic E-state index is 13.7. The van der Waals surface area contributed by atoms with Crippen molar-refractivity contribution in [2.75, 3.05) is 0 Å². The highest BCUT2D eigenvalue weighted by molar-refractivity contribution is 6.04. The molecule has 5 heteroatoms. The maximum Gasteiger partial charge on any atom is 0.211 e. The Kier molecular flexibility index (Phi) is 4.34. The zero-order valence-electron chi connectivity index (χ0n) is 13.9. The highest BCUT2D eigenvalue weighted by Gasteiger charge is 2.27. The number of guanidine groups is 1. The first-order valence-corrected chi connectivity index (χ1v) is 7.96. The van der Waals surface area contributed by atoms with E-state index in [1.165, 1.54) is 11.6 Å². The predicted octanol–water partition coefficient (Wildman–Crippen LogP) is 3.15. The second-order valence-electron chi connectivity index (χ2n) is 6.29. The van der Waals surface area contributed by atoms with Crippen molar-refractivity contribution < 1.29 is 4.39 Å². The summed E-state index contributed by atoms with van der Waals surface area (Å²) >= 11 is 0. The summed E-state index contributed by atoms with van der Waals surface area (Å²) in [5.74, 6) is -0.127. The fourth-order valence-corrected chi connectivity index (χ4v) is 3.46. The van der Waals surface area contributed by atoms with Crippen LogP contribution in [0.4, 0.5) is 4.39 Å². The Balaban J connectivity index is 2.10. The SMILES string of the molecule is Cc1ccc(F)cc1[C@H]1C/C(=N\N=C(N)N)c2c(C)cccc2C1. The molecule has 1 aliphatic rings. The van der Waals surface area contributed by atoms with Crippen molar-refractivity contribution in [3.63, 3.8) is 0 Å². The van der Waals surface area contributed by atoms with Gasteiger partial charge in [-0.15, -0.1) is 5.10 Å². The van der Waals surface area contributed by atoms with Gasteiger partial charge in [0.15, 0.2) is 0 Å². The van der Waals surface area contributed by atoms with Gasteiger partial charge in [-0.2, -0.15) is 5.10 Å². The molecular formula is C19H21FN4. The van der Waals surface area contributed by atoms with Crippen molar-refractivity contribution in [2.45, 2.75) is 32.6 Å². The van der Waals surface area contributed by atoms with Crippen LogP contribution in [0.2, 0.25) is 0 Å². The third-order valence-corrected chi connectivity index (χ3v) is 4.52. The van der Waals surface area contributed by atoms with Crippen LogP contribution in [-0.4, -0.2) is 11.7 Å². The first kappa shape index (κ1) is 16.2. The van der Waals surface area contributed by atoms with E-state index in [2.05, 4.69) is 29.3 Å². The van der Waals surface area contributed by atoms with Crippen molar-refractivity contribution in [1.82, 2.24) is 0 Å². The van der Waals surface area contributed by atoms with E-state index in [1.54, 1.807) is 6.07 Å². The van der Waals surface area contributed by atoms with Crippen molar-refractivity contribution in [3.8, 4) is 0 Å². The number of fused-ring (bicyclic) bond motifs is 1. The van der Waals surface area contributed by atoms with Gasteiger partial charge in [0, 0.05) is 5.56 Å². The molecule has 0 radical (unpaired) electrons. The van der Waals surface area contributed by atoms with Gasteiger partial charge >= 0.3 is 0 Å². The molecule has 0 bridgehead atoms. The summed E-state index contributed by atoms with van der Waals surface area (Å²) in [5, 5.41) is 8.12. The highest BCUT2D eigenvalue weighted by atomic mass is 19.1. The molecule has 0 aromatic heterocycles. The van der Waals surface area contributed by atoms with Crippen LogP contribution in [0.25, 0.3) is 0 Å². The van der Waals surface area contributed by atoms with E-state index in [4.69, 9.17) is 11.5 Å². The monoisotopic (exact) mass is 324 g/mol. The number of benzene rings is 2. The third-order valence-electron chi connectivity index (χ3n) is 4.52. The fraction of sp³-hybridized carbons (Fsp3) is 0.263.